The smallest absolute Gasteiger partial charge is 0.287 e. The zero-order chi connectivity index (χ0) is 15.5. The van der Waals surface area contributed by atoms with E-state index in [0.29, 0.717) is 11.1 Å². The van der Waals surface area contributed by atoms with E-state index in [-0.39, 0.29) is 13.2 Å². The summed E-state index contributed by atoms with van der Waals surface area (Å²) in [5.41, 5.74) is 0.600. The second-order valence-corrected chi connectivity index (χ2v) is 5.79. The van der Waals surface area contributed by atoms with E-state index in [1.54, 1.807) is 38.1 Å². The van der Waals surface area contributed by atoms with Crippen molar-refractivity contribution in [2.75, 3.05) is 19.9 Å². The minimum Gasteiger partial charge on any atom is -0.287 e. The van der Waals surface area contributed by atoms with E-state index in [1.165, 1.54) is 0 Å². The zero-order valence-electron chi connectivity index (χ0n) is 11.8. The highest BCUT2D eigenvalue weighted by Crippen LogP contribution is 2.49. The van der Waals surface area contributed by atoms with Gasteiger partial charge in [0.15, 0.2) is 0 Å². The van der Waals surface area contributed by atoms with E-state index < -0.39 is 26.4 Å². The number of carbonyl (C=O) groups excluding carboxylic acids is 2. The van der Waals surface area contributed by atoms with Crippen LogP contribution in [0.4, 0.5) is 0 Å². The fraction of sp³-hybridized carbons (Fsp3) is 0.385. The Kier molecular flexibility index (Phi) is 4.90. The van der Waals surface area contributed by atoms with Gasteiger partial charge in [-0.05, 0) is 26.0 Å². The predicted molar refractivity (Wildman–Crippen MR) is 73.8 cm³/mol. The first kappa shape index (κ1) is 15.9. The highest BCUT2D eigenvalue weighted by molar-refractivity contribution is 7.48. The maximum absolute atomic E-state index is 12.1. The van der Waals surface area contributed by atoms with E-state index >= 15 is 0 Å². The molecule has 21 heavy (non-hydrogen) atoms. The lowest BCUT2D eigenvalue weighted by Crippen LogP contribution is -2.31. The molecule has 0 aromatic heterocycles. The molecule has 1 aliphatic heterocycles. The highest BCUT2D eigenvalue weighted by atomic mass is 31.2. The Bertz CT molecular complexity index is 557. The summed E-state index contributed by atoms with van der Waals surface area (Å²) in [6.45, 7) is 3.04. The Morgan fingerprint density at radius 2 is 1.43 bits per heavy atom. The molecule has 0 N–H and O–H groups in total. The second kappa shape index (κ2) is 6.49. The van der Waals surface area contributed by atoms with Gasteiger partial charge in [0.1, 0.15) is 6.73 Å². The second-order valence-electron chi connectivity index (χ2n) is 4.12. The van der Waals surface area contributed by atoms with Crippen molar-refractivity contribution in [2.24, 2.45) is 0 Å². The van der Waals surface area contributed by atoms with Crippen molar-refractivity contribution < 1.29 is 27.7 Å². The van der Waals surface area contributed by atoms with Gasteiger partial charge in [0.2, 0.25) is 0 Å². The van der Waals surface area contributed by atoms with Crippen molar-refractivity contribution in [1.82, 2.24) is 4.90 Å². The third kappa shape index (κ3) is 3.22. The van der Waals surface area contributed by atoms with Gasteiger partial charge >= 0.3 is 7.82 Å². The molecule has 2 rings (SSSR count). The van der Waals surface area contributed by atoms with Crippen molar-refractivity contribution in [3.8, 4) is 0 Å². The van der Waals surface area contributed by atoms with Crippen LogP contribution in [-0.4, -0.2) is 36.7 Å². The Morgan fingerprint density at radius 3 is 1.86 bits per heavy atom. The summed E-state index contributed by atoms with van der Waals surface area (Å²) in [5, 5.41) is 0. The van der Waals surface area contributed by atoms with E-state index in [2.05, 4.69) is 0 Å². The number of fused-ring (bicyclic) bond motifs is 1. The molecule has 0 saturated carbocycles. The van der Waals surface area contributed by atoms with Crippen LogP contribution in [0.25, 0.3) is 0 Å². The van der Waals surface area contributed by atoms with Gasteiger partial charge in [-0.25, -0.2) is 9.46 Å². The van der Waals surface area contributed by atoms with Crippen LogP contribution < -0.4 is 0 Å². The van der Waals surface area contributed by atoms with Gasteiger partial charge < -0.3 is 0 Å². The summed E-state index contributed by atoms with van der Waals surface area (Å²) in [6.07, 6.45) is 0. The molecule has 1 heterocycles. The number of imide groups is 1. The van der Waals surface area contributed by atoms with Gasteiger partial charge in [-0.1, -0.05) is 12.1 Å². The molecule has 1 aliphatic rings. The lowest BCUT2D eigenvalue weighted by Gasteiger charge is -2.19. The van der Waals surface area contributed by atoms with Gasteiger partial charge in [-0.15, -0.1) is 0 Å². The maximum atomic E-state index is 12.1. The fourth-order valence-electron chi connectivity index (χ4n) is 1.91. The summed E-state index contributed by atoms with van der Waals surface area (Å²) >= 11 is 0. The van der Waals surface area contributed by atoms with Gasteiger partial charge in [0.25, 0.3) is 11.8 Å². The largest absolute Gasteiger partial charge is 0.476 e. The Labute approximate surface area is 122 Å². The molecule has 7 nitrogen and oxygen atoms in total. The van der Waals surface area contributed by atoms with Crippen molar-refractivity contribution >= 4 is 19.6 Å². The molecule has 114 valence electrons. The summed E-state index contributed by atoms with van der Waals surface area (Å²) in [7, 11) is -3.77. The van der Waals surface area contributed by atoms with E-state index in [1.807, 2.05) is 0 Å². The summed E-state index contributed by atoms with van der Waals surface area (Å²) in [4.78, 5) is 25.1. The van der Waals surface area contributed by atoms with Crippen LogP contribution in [0.5, 0.6) is 0 Å². The van der Waals surface area contributed by atoms with Crippen LogP contribution >= 0.6 is 7.82 Å². The third-order valence-electron chi connectivity index (χ3n) is 2.80. The van der Waals surface area contributed by atoms with Gasteiger partial charge in [0.05, 0.1) is 24.3 Å². The molecular weight excluding hydrogens is 297 g/mol. The van der Waals surface area contributed by atoms with Crippen LogP contribution in [0.15, 0.2) is 24.3 Å². The summed E-state index contributed by atoms with van der Waals surface area (Å²) in [5.74, 6) is -0.981. The van der Waals surface area contributed by atoms with Crippen molar-refractivity contribution in [3.05, 3.63) is 35.4 Å². The van der Waals surface area contributed by atoms with Crippen molar-refractivity contribution in [3.63, 3.8) is 0 Å². The quantitative estimate of drug-likeness (QED) is 0.568. The Hall–Kier alpha value is -1.53. The highest BCUT2D eigenvalue weighted by Gasteiger charge is 2.37. The monoisotopic (exact) mass is 313 g/mol. The number of phosphoric ester groups is 1. The average molecular weight is 313 g/mol. The Balaban J connectivity index is 2.10. The van der Waals surface area contributed by atoms with Crippen molar-refractivity contribution in [2.45, 2.75) is 13.8 Å². The number of phosphoric acid groups is 1. The van der Waals surface area contributed by atoms with E-state index in [0.717, 1.165) is 4.90 Å². The summed E-state index contributed by atoms with van der Waals surface area (Å²) in [6, 6.07) is 6.44. The van der Waals surface area contributed by atoms with E-state index in [4.69, 9.17) is 13.6 Å². The van der Waals surface area contributed by atoms with Gasteiger partial charge in [-0.3, -0.25) is 23.2 Å². The lowest BCUT2D eigenvalue weighted by molar-refractivity contribution is 0.0419. The van der Waals surface area contributed by atoms with Crippen LogP contribution in [0.1, 0.15) is 34.6 Å². The minimum atomic E-state index is -3.77. The number of hydrogen-bond acceptors (Lipinski definition) is 6. The molecule has 0 fully saturated rings. The molecule has 0 radical (unpaired) electrons. The molecule has 0 bridgehead atoms. The number of rotatable bonds is 7. The number of hydrogen-bond donors (Lipinski definition) is 0. The van der Waals surface area contributed by atoms with Crippen LogP contribution in [0.2, 0.25) is 0 Å². The number of nitrogens with zero attached hydrogens (tertiary/aromatic N) is 1. The first-order valence-corrected chi connectivity index (χ1v) is 7.97. The standard InChI is InChI=1S/C13H16NO6P/c1-3-18-21(17,19-4-2)20-9-14-12(15)10-7-5-6-8-11(10)13(14)16/h5-8H,3-4,9H2,1-2H3. The molecule has 1 aromatic carbocycles. The molecule has 8 heteroatoms. The maximum Gasteiger partial charge on any atom is 0.476 e. The minimum absolute atomic E-state index is 0.124. The zero-order valence-corrected chi connectivity index (χ0v) is 12.7. The van der Waals surface area contributed by atoms with Gasteiger partial charge in [0, 0.05) is 0 Å². The average Bonchev–Trinajstić information content (AvgIpc) is 2.70. The molecule has 0 unspecified atom stereocenters. The van der Waals surface area contributed by atoms with Crippen LogP contribution in [0, 0.1) is 0 Å². The van der Waals surface area contributed by atoms with E-state index in [9.17, 15) is 14.2 Å². The van der Waals surface area contributed by atoms with Crippen LogP contribution in [-0.2, 0) is 18.1 Å². The predicted octanol–water partition coefficient (Wildman–Crippen LogP) is 2.44. The number of carbonyl (C=O) groups is 2. The van der Waals surface area contributed by atoms with Crippen LogP contribution in [0.3, 0.4) is 0 Å². The normalized spacial score (nSPS) is 14.7. The molecule has 0 spiro atoms. The molecule has 0 saturated heterocycles. The number of amides is 2. The molecule has 1 aromatic rings. The van der Waals surface area contributed by atoms with Gasteiger partial charge in [-0.2, -0.15) is 0 Å². The molecule has 2 amide bonds. The first-order chi connectivity index (χ1) is 10.0. The Morgan fingerprint density at radius 1 is 0.952 bits per heavy atom. The summed E-state index contributed by atoms with van der Waals surface area (Å²) < 4.78 is 27.1. The molecule has 0 aliphatic carbocycles. The van der Waals surface area contributed by atoms with Crippen molar-refractivity contribution in [1.29, 1.82) is 0 Å². The molecule has 0 atom stereocenters. The fourth-order valence-corrected chi connectivity index (χ4v) is 3.03. The first-order valence-electron chi connectivity index (χ1n) is 6.51. The number of benzene rings is 1. The SMILES string of the molecule is CCOP(=O)(OCC)OCN1C(=O)c2ccccc2C1=O. The lowest BCUT2D eigenvalue weighted by atomic mass is 10.1. The topological polar surface area (TPSA) is 82.1 Å². The third-order valence-corrected chi connectivity index (χ3v) is 4.38. The molecular formula is C13H16NO6P.